The van der Waals surface area contributed by atoms with E-state index >= 15 is 0 Å². The van der Waals surface area contributed by atoms with Crippen LogP contribution in [0.4, 0.5) is 0 Å². The van der Waals surface area contributed by atoms with E-state index in [0.29, 0.717) is 12.4 Å². The Labute approximate surface area is 125 Å². The molecule has 0 saturated carbocycles. The number of thioether (sulfide) groups is 1. The molecule has 19 heavy (non-hydrogen) atoms. The first-order valence-electron chi connectivity index (χ1n) is 5.83. The molecule has 0 bridgehead atoms. The Bertz CT molecular complexity index is 422. The van der Waals surface area contributed by atoms with Gasteiger partial charge >= 0.3 is 5.97 Å². The molecule has 0 unspecified atom stereocenters. The first kappa shape index (κ1) is 16.3. The van der Waals surface area contributed by atoms with E-state index in [0.717, 1.165) is 10.2 Å². The van der Waals surface area contributed by atoms with Gasteiger partial charge in [0.05, 0.1) is 6.61 Å². The van der Waals surface area contributed by atoms with Crippen LogP contribution in [0.15, 0.2) is 28.7 Å². The number of rotatable bonds is 7. The summed E-state index contributed by atoms with van der Waals surface area (Å²) in [6, 6.07) is 6.69. The number of ether oxygens (including phenoxy) is 1. The van der Waals surface area contributed by atoms with E-state index in [4.69, 9.17) is 15.6 Å². The number of hydrogen-bond acceptors (Lipinski definition) is 4. The van der Waals surface area contributed by atoms with E-state index in [2.05, 4.69) is 15.9 Å². The van der Waals surface area contributed by atoms with E-state index in [1.807, 2.05) is 38.1 Å². The normalized spacial score (nSPS) is 13.1. The molecule has 1 aromatic carbocycles. The Balaban J connectivity index is 2.34. The molecule has 0 aromatic heterocycles. The fraction of sp³-hybridized carbons (Fsp3) is 0.462. The highest BCUT2D eigenvalue weighted by Gasteiger charge is 2.32. The molecule has 0 amide bonds. The molecule has 0 fully saturated rings. The number of aliphatic carboxylic acids is 1. The maximum absolute atomic E-state index is 10.9. The molecule has 0 aliphatic heterocycles. The summed E-state index contributed by atoms with van der Waals surface area (Å²) in [5.41, 5.74) is 5.64. The van der Waals surface area contributed by atoms with Crippen molar-refractivity contribution in [2.75, 3.05) is 12.4 Å². The van der Waals surface area contributed by atoms with Crippen LogP contribution >= 0.6 is 27.7 Å². The summed E-state index contributed by atoms with van der Waals surface area (Å²) >= 11 is 4.85. The van der Waals surface area contributed by atoms with Crippen LogP contribution in [0.25, 0.3) is 0 Å². The van der Waals surface area contributed by atoms with Gasteiger partial charge in [0, 0.05) is 15.0 Å². The van der Waals surface area contributed by atoms with Gasteiger partial charge in [0.15, 0.2) is 0 Å². The van der Waals surface area contributed by atoms with Gasteiger partial charge in [-0.25, -0.2) is 0 Å². The lowest BCUT2D eigenvalue weighted by Gasteiger charge is -2.27. The third kappa shape index (κ3) is 5.42. The number of nitrogens with two attached hydrogens (primary N) is 1. The minimum Gasteiger partial charge on any atom is -0.493 e. The molecule has 0 aliphatic rings. The summed E-state index contributed by atoms with van der Waals surface area (Å²) < 4.78 is 6.05. The monoisotopic (exact) mass is 347 g/mol. The topological polar surface area (TPSA) is 72.5 Å². The molecular weight excluding hydrogens is 330 g/mol. The van der Waals surface area contributed by atoms with Crippen molar-refractivity contribution in [1.29, 1.82) is 0 Å². The van der Waals surface area contributed by atoms with Crippen molar-refractivity contribution in [2.45, 2.75) is 24.6 Å². The number of carbonyl (C=O) groups is 1. The lowest BCUT2D eigenvalue weighted by molar-refractivity contribution is -0.139. The van der Waals surface area contributed by atoms with Gasteiger partial charge in [-0.05, 0) is 38.1 Å². The molecule has 6 heteroatoms. The lowest BCUT2D eigenvalue weighted by Crippen LogP contribution is -2.47. The number of hydrogen-bond donors (Lipinski definition) is 2. The third-order valence-corrected chi connectivity index (χ3v) is 4.55. The first-order valence-corrected chi connectivity index (χ1v) is 7.61. The second kappa shape index (κ2) is 7.17. The Morgan fingerprint density at radius 2 is 2.05 bits per heavy atom. The molecular formula is C13H18BrNO3S. The molecule has 1 atom stereocenters. The van der Waals surface area contributed by atoms with Crippen LogP contribution < -0.4 is 10.5 Å². The van der Waals surface area contributed by atoms with E-state index in [9.17, 15) is 4.79 Å². The Hall–Kier alpha value is -0.720. The number of carboxylic acid groups (broad SMARTS) is 1. The molecule has 0 aliphatic carbocycles. The molecule has 1 aromatic rings. The van der Waals surface area contributed by atoms with E-state index < -0.39 is 16.8 Å². The Kier molecular flexibility index (Phi) is 6.16. The number of benzene rings is 1. The fourth-order valence-corrected chi connectivity index (χ4v) is 2.62. The summed E-state index contributed by atoms with van der Waals surface area (Å²) in [5.74, 6) is 0.500. The third-order valence-electron chi connectivity index (χ3n) is 2.65. The van der Waals surface area contributed by atoms with Crippen LogP contribution in [0.5, 0.6) is 5.75 Å². The molecule has 106 valence electrons. The zero-order valence-electron chi connectivity index (χ0n) is 10.9. The minimum atomic E-state index is -0.980. The molecule has 0 radical (unpaired) electrons. The largest absolute Gasteiger partial charge is 0.493 e. The highest BCUT2D eigenvalue weighted by Crippen LogP contribution is 2.27. The SMILES string of the molecule is CC(C)(SCCOc1ccc(Br)cc1)[C@@H](N)C(=O)O. The standard InChI is InChI=1S/C13H18BrNO3S/c1-13(2,11(15)12(16)17)19-8-7-18-10-5-3-9(14)4-6-10/h3-6,11H,7-8,15H2,1-2H3,(H,16,17)/t11-/m0/s1. The summed E-state index contributed by atoms with van der Waals surface area (Å²) in [5, 5.41) is 8.90. The van der Waals surface area contributed by atoms with Gasteiger partial charge in [0.25, 0.3) is 0 Å². The van der Waals surface area contributed by atoms with Gasteiger partial charge in [-0.3, -0.25) is 4.79 Å². The molecule has 1 rings (SSSR count). The summed E-state index contributed by atoms with van der Waals surface area (Å²) in [7, 11) is 0. The first-order chi connectivity index (χ1) is 8.83. The summed E-state index contributed by atoms with van der Waals surface area (Å²) in [6.07, 6.45) is 0. The molecule has 3 N–H and O–H groups in total. The Morgan fingerprint density at radius 1 is 1.47 bits per heavy atom. The van der Waals surface area contributed by atoms with Gasteiger partial charge in [0.2, 0.25) is 0 Å². The Morgan fingerprint density at radius 3 is 2.58 bits per heavy atom. The van der Waals surface area contributed by atoms with Crippen LogP contribution in [0.1, 0.15) is 13.8 Å². The van der Waals surface area contributed by atoms with Gasteiger partial charge in [-0.15, -0.1) is 11.8 Å². The maximum Gasteiger partial charge on any atom is 0.321 e. The van der Waals surface area contributed by atoms with Crippen molar-refractivity contribution < 1.29 is 14.6 Å². The number of halogens is 1. The molecule has 0 heterocycles. The average Bonchev–Trinajstić information content (AvgIpc) is 2.35. The van der Waals surface area contributed by atoms with Crippen molar-refractivity contribution in [1.82, 2.24) is 0 Å². The van der Waals surface area contributed by atoms with Gasteiger partial charge in [0.1, 0.15) is 11.8 Å². The minimum absolute atomic E-state index is 0.516. The van der Waals surface area contributed by atoms with Crippen LogP contribution in [-0.4, -0.2) is 34.2 Å². The average molecular weight is 348 g/mol. The smallest absolute Gasteiger partial charge is 0.321 e. The lowest BCUT2D eigenvalue weighted by atomic mass is 10.1. The van der Waals surface area contributed by atoms with Gasteiger partial charge < -0.3 is 15.6 Å². The van der Waals surface area contributed by atoms with Gasteiger partial charge in [-0.1, -0.05) is 15.9 Å². The van der Waals surface area contributed by atoms with E-state index in [-0.39, 0.29) is 0 Å². The zero-order chi connectivity index (χ0) is 14.5. The number of carboxylic acids is 1. The van der Waals surface area contributed by atoms with Crippen LogP contribution in [0, 0.1) is 0 Å². The van der Waals surface area contributed by atoms with Crippen LogP contribution in [0.2, 0.25) is 0 Å². The summed E-state index contributed by atoms with van der Waals surface area (Å²) in [4.78, 5) is 10.9. The van der Waals surface area contributed by atoms with Crippen molar-refractivity contribution in [3.63, 3.8) is 0 Å². The molecule has 0 spiro atoms. The second-order valence-corrected chi connectivity index (χ2v) is 7.23. The van der Waals surface area contributed by atoms with E-state index in [1.165, 1.54) is 11.8 Å². The molecule has 4 nitrogen and oxygen atoms in total. The maximum atomic E-state index is 10.9. The molecule has 0 saturated heterocycles. The van der Waals surface area contributed by atoms with E-state index in [1.54, 1.807) is 0 Å². The highest BCUT2D eigenvalue weighted by molar-refractivity contribution is 9.10. The van der Waals surface area contributed by atoms with Gasteiger partial charge in [-0.2, -0.15) is 0 Å². The predicted molar refractivity (Wildman–Crippen MR) is 81.8 cm³/mol. The second-order valence-electron chi connectivity index (χ2n) is 4.57. The van der Waals surface area contributed by atoms with Crippen molar-refractivity contribution in [2.24, 2.45) is 5.73 Å². The fourth-order valence-electron chi connectivity index (χ4n) is 1.38. The quantitative estimate of drug-likeness (QED) is 0.742. The summed E-state index contributed by atoms with van der Waals surface area (Å²) in [6.45, 7) is 4.17. The van der Waals surface area contributed by atoms with Crippen LogP contribution in [-0.2, 0) is 4.79 Å². The van der Waals surface area contributed by atoms with Crippen molar-refractivity contribution in [3.8, 4) is 5.75 Å². The van der Waals surface area contributed by atoms with Crippen LogP contribution in [0.3, 0.4) is 0 Å². The highest BCUT2D eigenvalue weighted by atomic mass is 79.9. The van der Waals surface area contributed by atoms with Crippen molar-refractivity contribution in [3.05, 3.63) is 28.7 Å². The van der Waals surface area contributed by atoms with Crippen molar-refractivity contribution >= 4 is 33.7 Å². The zero-order valence-corrected chi connectivity index (χ0v) is 13.3. The predicted octanol–water partition coefficient (Wildman–Crippen LogP) is 2.75.